The molecule has 3 heteroatoms. The third-order valence-electron chi connectivity index (χ3n) is 6.22. The van der Waals surface area contributed by atoms with Crippen LogP contribution >= 0.6 is 0 Å². The lowest BCUT2D eigenvalue weighted by molar-refractivity contribution is -0.150. The number of nitrogens with zero attached hydrogens (tertiary/aromatic N) is 1. The summed E-state index contributed by atoms with van der Waals surface area (Å²) in [4.78, 5) is 15.6. The maximum absolute atomic E-state index is 13.3. The highest BCUT2D eigenvalue weighted by atomic mass is 16.2. The first kappa shape index (κ1) is 14.4. The van der Waals surface area contributed by atoms with Gasteiger partial charge in [-0.1, -0.05) is 26.7 Å². The fourth-order valence-corrected chi connectivity index (χ4v) is 4.80. The molecule has 2 heterocycles. The van der Waals surface area contributed by atoms with Gasteiger partial charge in [0.15, 0.2) is 0 Å². The molecule has 3 rings (SSSR count). The molecule has 0 aromatic heterocycles. The second kappa shape index (κ2) is 5.67. The van der Waals surface area contributed by atoms with E-state index in [-0.39, 0.29) is 5.41 Å². The average Bonchev–Trinajstić information content (AvgIpc) is 2.97. The lowest BCUT2D eigenvalue weighted by Gasteiger charge is -2.48. The number of rotatable bonds is 2. The number of likely N-dealkylation sites (tertiary alicyclic amines) is 1. The van der Waals surface area contributed by atoms with Gasteiger partial charge in [-0.2, -0.15) is 0 Å². The lowest BCUT2D eigenvalue weighted by Crippen LogP contribution is -2.56. The minimum atomic E-state index is -0.126. The molecule has 0 bridgehead atoms. The number of piperidine rings is 1. The van der Waals surface area contributed by atoms with E-state index >= 15 is 0 Å². The number of amides is 1. The summed E-state index contributed by atoms with van der Waals surface area (Å²) in [6.45, 7) is 7.36. The van der Waals surface area contributed by atoms with E-state index in [1.807, 2.05) is 0 Å². The van der Waals surface area contributed by atoms with E-state index in [1.54, 1.807) is 0 Å². The molecule has 2 aliphatic heterocycles. The van der Waals surface area contributed by atoms with Crippen LogP contribution in [0.5, 0.6) is 0 Å². The van der Waals surface area contributed by atoms with E-state index in [0.717, 1.165) is 32.0 Å². The highest BCUT2D eigenvalue weighted by Crippen LogP contribution is 2.41. The zero-order valence-electron chi connectivity index (χ0n) is 13.2. The van der Waals surface area contributed by atoms with Gasteiger partial charge in [0.1, 0.15) is 0 Å². The fourth-order valence-electron chi connectivity index (χ4n) is 4.80. The Balaban J connectivity index is 1.81. The zero-order chi connectivity index (χ0) is 14.2. The van der Waals surface area contributed by atoms with E-state index in [4.69, 9.17) is 0 Å². The molecule has 0 spiro atoms. The van der Waals surface area contributed by atoms with Crippen LogP contribution in [0.4, 0.5) is 0 Å². The van der Waals surface area contributed by atoms with Crippen molar-refractivity contribution in [1.82, 2.24) is 10.2 Å². The van der Waals surface area contributed by atoms with Gasteiger partial charge >= 0.3 is 0 Å². The maximum Gasteiger partial charge on any atom is 0.230 e. The summed E-state index contributed by atoms with van der Waals surface area (Å²) in [7, 11) is 0. The Kier molecular flexibility index (Phi) is 4.07. The summed E-state index contributed by atoms with van der Waals surface area (Å²) in [6, 6.07) is 0.557. The predicted molar refractivity (Wildman–Crippen MR) is 81.5 cm³/mol. The third-order valence-corrected chi connectivity index (χ3v) is 6.22. The Morgan fingerprint density at radius 2 is 1.95 bits per heavy atom. The minimum absolute atomic E-state index is 0.126. The Morgan fingerprint density at radius 1 is 1.20 bits per heavy atom. The van der Waals surface area contributed by atoms with Crippen molar-refractivity contribution in [2.24, 2.45) is 17.3 Å². The zero-order valence-corrected chi connectivity index (χ0v) is 13.2. The van der Waals surface area contributed by atoms with Gasteiger partial charge < -0.3 is 10.2 Å². The van der Waals surface area contributed by atoms with Gasteiger partial charge in [-0.25, -0.2) is 0 Å². The van der Waals surface area contributed by atoms with Crippen LogP contribution in [0.25, 0.3) is 0 Å². The van der Waals surface area contributed by atoms with E-state index in [2.05, 4.69) is 24.1 Å². The molecule has 1 saturated carbocycles. The first-order chi connectivity index (χ1) is 9.65. The normalized spacial score (nSPS) is 38.0. The summed E-state index contributed by atoms with van der Waals surface area (Å²) < 4.78 is 0. The number of hydrogen-bond acceptors (Lipinski definition) is 2. The number of nitrogens with one attached hydrogen (secondary N) is 1. The van der Waals surface area contributed by atoms with Crippen molar-refractivity contribution in [3.8, 4) is 0 Å². The monoisotopic (exact) mass is 278 g/mol. The average molecular weight is 278 g/mol. The highest BCUT2D eigenvalue weighted by molar-refractivity contribution is 5.84. The van der Waals surface area contributed by atoms with Crippen molar-refractivity contribution in [3.63, 3.8) is 0 Å². The number of carbonyl (C=O) groups excluding carboxylic acids is 1. The molecule has 3 aliphatic rings. The fraction of sp³-hybridized carbons (Fsp3) is 0.941. The van der Waals surface area contributed by atoms with Gasteiger partial charge in [0.25, 0.3) is 0 Å². The van der Waals surface area contributed by atoms with Crippen LogP contribution in [0.3, 0.4) is 0 Å². The number of carbonyl (C=O) groups is 1. The molecule has 3 unspecified atom stereocenters. The standard InChI is InChI=1S/C17H30N2O/c1-13(2)17(9-10-18-12-17)16(20)19-11-5-7-14-6-3-4-8-15(14)19/h13-15,18H,3-12H2,1-2H3. The Morgan fingerprint density at radius 3 is 2.65 bits per heavy atom. The first-order valence-electron chi connectivity index (χ1n) is 8.67. The molecule has 114 valence electrons. The summed E-state index contributed by atoms with van der Waals surface area (Å²) in [5.74, 6) is 1.70. The largest absolute Gasteiger partial charge is 0.339 e. The second-order valence-electron chi connectivity index (χ2n) is 7.49. The molecule has 2 saturated heterocycles. The smallest absolute Gasteiger partial charge is 0.230 e. The van der Waals surface area contributed by atoms with Crippen LogP contribution in [0.15, 0.2) is 0 Å². The Bertz CT molecular complexity index is 358. The van der Waals surface area contributed by atoms with Gasteiger partial charge in [-0.3, -0.25) is 4.79 Å². The molecule has 0 aromatic rings. The first-order valence-corrected chi connectivity index (χ1v) is 8.67. The molecular formula is C17H30N2O. The topological polar surface area (TPSA) is 32.3 Å². The van der Waals surface area contributed by atoms with Gasteiger partial charge in [0.05, 0.1) is 5.41 Å². The molecule has 1 amide bonds. The SMILES string of the molecule is CC(C)C1(C(=O)N2CCCC3CCCCC32)CCNC1. The van der Waals surface area contributed by atoms with E-state index in [1.165, 1.54) is 38.5 Å². The predicted octanol–water partition coefficient (Wildman–Crippen LogP) is 2.80. The third kappa shape index (κ3) is 2.28. The van der Waals surface area contributed by atoms with Crippen molar-refractivity contribution >= 4 is 5.91 Å². The van der Waals surface area contributed by atoms with Crippen molar-refractivity contribution in [1.29, 1.82) is 0 Å². The van der Waals surface area contributed by atoms with Gasteiger partial charge in [-0.05, 0) is 50.5 Å². The van der Waals surface area contributed by atoms with E-state index in [0.29, 0.717) is 17.9 Å². The van der Waals surface area contributed by atoms with Crippen molar-refractivity contribution in [2.75, 3.05) is 19.6 Å². The quantitative estimate of drug-likeness (QED) is 0.842. The van der Waals surface area contributed by atoms with Gasteiger partial charge in [0.2, 0.25) is 5.91 Å². The molecule has 0 radical (unpaired) electrons. The molecule has 0 aromatic carbocycles. The molecule has 1 N–H and O–H groups in total. The summed E-state index contributed by atoms with van der Waals surface area (Å²) >= 11 is 0. The molecule has 1 aliphatic carbocycles. The van der Waals surface area contributed by atoms with Gasteiger partial charge in [0, 0.05) is 19.1 Å². The number of hydrogen-bond donors (Lipinski definition) is 1. The van der Waals surface area contributed by atoms with Crippen LogP contribution in [-0.2, 0) is 4.79 Å². The molecule has 3 fully saturated rings. The van der Waals surface area contributed by atoms with Crippen LogP contribution in [0.1, 0.15) is 58.8 Å². The van der Waals surface area contributed by atoms with Gasteiger partial charge in [-0.15, -0.1) is 0 Å². The lowest BCUT2D eigenvalue weighted by atomic mass is 9.72. The van der Waals surface area contributed by atoms with Crippen LogP contribution < -0.4 is 5.32 Å². The van der Waals surface area contributed by atoms with Crippen LogP contribution in [0.2, 0.25) is 0 Å². The maximum atomic E-state index is 13.3. The van der Waals surface area contributed by atoms with Crippen molar-refractivity contribution in [2.45, 2.75) is 64.8 Å². The molecule has 20 heavy (non-hydrogen) atoms. The number of fused-ring (bicyclic) bond motifs is 1. The van der Waals surface area contributed by atoms with Crippen molar-refractivity contribution in [3.05, 3.63) is 0 Å². The van der Waals surface area contributed by atoms with E-state index < -0.39 is 0 Å². The Labute approximate surface area is 123 Å². The summed E-state index contributed by atoms with van der Waals surface area (Å²) in [5.41, 5.74) is -0.126. The second-order valence-corrected chi connectivity index (χ2v) is 7.49. The minimum Gasteiger partial charge on any atom is -0.339 e. The molecule has 3 atom stereocenters. The van der Waals surface area contributed by atoms with Crippen LogP contribution in [0, 0.1) is 17.3 Å². The molecule has 3 nitrogen and oxygen atoms in total. The molecular weight excluding hydrogens is 248 g/mol. The summed E-state index contributed by atoms with van der Waals surface area (Å²) in [6.07, 6.45) is 8.88. The summed E-state index contributed by atoms with van der Waals surface area (Å²) in [5, 5.41) is 3.44. The Hall–Kier alpha value is -0.570. The van der Waals surface area contributed by atoms with Crippen molar-refractivity contribution < 1.29 is 4.79 Å². The van der Waals surface area contributed by atoms with Crippen LogP contribution in [-0.4, -0.2) is 36.5 Å². The van der Waals surface area contributed by atoms with E-state index in [9.17, 15) is 4.79 Å². The highest BCUT2D eigenvalue weighted by Gasteiger charge is 2.48.